The van der Waals surface area contributed by atoms with Crippen LogP contribution in [0.4, 0.5) is 0 Å². The second kappa shape index (κ2) is 15.0. The summed E-state index contributed by atoms with van der Waals surface area (Å²) >= 11 is 0. The molecular weight excluding hydrogens is 314 g/mol. The Hall–Kier alpha value is -1.32. The van der Waals surface area contributed by atoms with E-state index >= 15 is 0 Å². The van der Waals surface area contributed by atoms with Gasteiger partial charge in [-0.3, -0.25) is 4.79 Å². The van der Waals surface area contributed by atoms with Crippen LogP contribution in [0.5, 0.6) is 0 Å². The van der Waals surface area contributed by atoms with Gasteiger partial charge in [-0.1, -0.05) is 70.3 Å². The van der Waals surface area contributed by atoms with Crippen molar-refractivity contribution in [1.82, 2.24) is 5.32 Å². The summed E-state index contributed by atoms with van der Waals surface area (Å²) in [6.07, 6.45) is 19.6. The fourth-order valence-corrected chi connectivity index (χ4v) is 3.22. The molecule has 0 unspecified atom stereocenters. The zero-order chi connectivity index (χ0) is 18.2. The second-order valence-corrected chi connectivity index (χ2v) is 7.15. The van der Waals surface area contributed by atoms with E-state index in [1.54, 1.807) is 0 Å². The minimum absolute atomic E-state index is 0.0466. The van der Waals surface area contributed by atoms with Gasteiger partial charge in [-0.25, -0.2) is 4.79 Å². The maximum atomic E-state index is 11.7. The van der Waals surface area contributed by atoms with Crippen molar-refractivity contribution in [1.29, 1.82) is 0 Å². The van der Waals surface area contributed by atoms with Gasteiger partial charge in [0.2, 0.25) is 5.91 Å². The molecule has 1 aliphatic heterocycles. The topological polar surface area (TPSA) is 55.4 Å². The van der Waals surface area contributed by atoms with Crippen molar-refractivity contribution in [2.45, 2.75) is 102 Å². The number of unbranched alkanes of at least 4 members (excludes halogenated alkanes) is 12. The molecule has 0 aromatic heterocycles. The molecule has 0 bridgehead atoms. The van der Waals surface area contributed by atoms with E-state index in [0.29, 0.717) is 19.4 Å². The molecular formula is C21H37NO3. The SMILES string of the molecule is C=CCCCCCCCCCCCCCCOC(=O)[C@@H]1CCC(=O)N1. The van der Waals surface area contributed by atoms with Crippen LogP contribution in [-0.4, -0.2) is 24.5 Å². The fourth-order valence-electron chi connectivity index (χ4n) is 3.22. The summed E-state index contributed by atoms with van der Waals surface area (Å²) in [5.41, 5.74) is 0. The molecule has 144 valence electrons. The molecule has 25 heavy (non-hydrogen) atoms. The lowest BCUT2D eigenvalue weighted by atomic mass is 10.0. The summed E-state index contributed by atoms with van der Waals surface area (Å²) in [4.78, 5) is 22.7. The number of nitrogens with one attached hydrogen (secondary N) is 1. The molecule has 1 atom stereocenters. The minimum atomic E-state index is -0.408. The quantitative estimate of drug-likeness (QED) is 0.240. The summed E-state index contributed by atoms with van der Waals surface area (Å²) in [5.74, 6) is -0.315. The normalized spacial score (nSPS) is 16.6. The van der Waals surface area contributed by atoms with E-state index < -0.39 is 6.04 Å². The summed E-state index contributed by atoms with van der Waals surface area (Å²) in [5, 5.41) is 2.64. The van der Waals surface area contributed by atoms with E-state index in [0.717, 1.165) is 19.3 Å². The molecule has 4 nitrogen and oxygen atoms in total. The van der Waals surface area contributed by atoms with Crippen LogP contribution in [-0.2, 0) is 14.3 Å². The zero-order valence-corrected chi connectivity index (χ0v) is 15.9. The van der Waals surface area contributed by atoms with Crippen LogP contribution in [0, 0.1) is 0 Å². The predicted molar refractivity (Wildman–Crippen MR) is 102 cm³/mol. The third-order valence-corrected chi connectivity index (χ3v) is 4.83. The monoisotopic (exact) mass is 351 g/mol. The Morgan fingerprint density at radius 3 is 1.96 bits per heavy atom. The average molecular weight is 352 g/mol. The largest absolute Gasteiger partial charge is 0.464 e. The van der Waals surface area contributed by atoms with Gasteiger partial charge in [-0.05, 0) is 25.7 Å². The van der Waals surface area contributed by atoms with Crippen LogP contribution in [0.1, 0.15) is 96.3 Å². The van der Waals surface area contributed by atoms with E-state index in [1.807, 2.05) is 6.08 Å². The minimum Gasteiger partial charge on any atom is -0.464 e. The van der Waals surface area contributed by atoms with Crippen LogP contribution < -0.4 is 5.32 Å². The molecule has 1 fully saturated rings. The number of hydrogen-bond acceptors (Lipinski definition) is 3. The van der Waals surface area contributed by atoms with Crippen molar-refractivity contribution in [3.63, 3.8) is 0 Å². The van der Waals surface area contributed by atoms with Crippen molar-refractivity contribution in [2.75, 3.05) is 6.61 Å². The summed E-state index contributed by atoms with van der Waals surface area (Å²) in [7, 11) is 0. The Balaban J connectivity index is 1.75. The maximum absolute atomic E-state index is 11.7. The Labute approximate surface area is 153 Å². The third kappa shape index (κ3) is 11.8. The number of esters is 1. The fraction of sp³-hybridized carbons (Fsp3) is 0.810. The smallest absolute Gasteiger partial charge is 0.328 e. The van der Waals surface area contributed by atoms with Gasteiger partial charge in [0.1, 0.15) is 6.04 Å². The van der Waals surface area contributed by atoms with Crippen LogP contribution in [0.25, 0.3) is 0 Å². The molecule has 1 aliphatic rings. The number of amides is 1. The molecule has 1 saturated heterocycles. The highest BCUT2D eigenvalue weighted by molar-refractivity contribution is 5.87. The first kappa shape index (κ1) is 21.7. The van der Waals surface area contributed by atoms with Gasteiger partial charge in [0, 0.05) is 6.42 Å². The van der Waals surface area contributed by atoms with Crippen molar-refractivity contribution in [3.05, 3.63) is 12.7 Å². The molecule has 0 spiro atoms. The first-order valence-corrected chi connectivity index (χ1v) is 10.3. The van der Waals surface area contributed by atoms with Crippen molar-refractivity contribution in [2.24, 2.45) is 0 Å². The van der Waals surface area contributed by atoms with Gasteiger partial charge in [0.15, 0.2) is 0 Å². The number of rotatable bonds is 16. The highest BCUT2D eigenvalue weighted by Gasteiger charge is 2.28. The lowest BCUT2D eigenvalue weighted by Gasteiger charge is -2.09. The number of carbonyl (C=O) groups is 2. The van der Waals surface area contributed by atoms with Gasteiger partial charge in [-0.2, -0.15) is 0 Å². The second-order valence-electron chi connectivity index (χ2n) is 7.15. The van der Waals surface area contributed by atoms with Gasteiger partial charge >= 0.3 is 5.97 Å². The molecule has 0 radical (unpaired) electrons. The van der Waals surface area contributed by atoms with Gasteiger partial charge in [0.25, 0.3) is 0 Å². The van der Waals surface area contributed by atoms with E-state index in [4.69, 9.17) is 4.74 Å². The van der Waals surface area contributed by atoms with Gasteiger partial charge in [0.05, 0.1) is 6.61 Å². The molecule has 1 rings (SSSR count). The standard InChI is InChI=1S/C21H37NO3/c1-2-3-4-5-6-7-8-9-10-11-12-13-14-15-18-25-21(24)19-16-17-20(23)22-19/h2,19H,1,3-18H2,(H,22,23)/t19-/m0/s1. The predicted octanol–water partition coefficient (Wildman–Crippen LogP) is 5.07. The Kier molecular flexibility index (Phi) is 13.0. The Morgan fingerprint density at radius 1 is 0.960 bits per heavy atom. The average Bonchev–Trinajstić information content (AvgIpc) is 3.04. The zero-order valence-electron chi connectivity index (χ0n) is 15.9. The molecule has 1 amide bonds. The van der Waals surface area contributed by atoms with Gasteiger partial charge in [-0.15, -0.1) is 6.58 Å². The molecule has 0 aromatic rings. The number of allylic oxidation sites excluding steroid dienone is 1. The van der Waals surface area contributed by atoms with E-state index in [9.17, 15) is 9.59 Å². The number of hydrogen-bond donors (Lipinski definition) is 1. The van der Waals surface area contributed by atoms with Crippen LogP contribution in [0.3, 0.4) is 0 Å². The summed E-state index contributed by atoms with van der Waals surface area (Å²) in [6.45, 7) is 4.23. The number of ether oxygens (including phenoxy) is 1. The van der Waals surface area contributed by atoms with Crippen molar-refractivity contribution >= 4 is 11.9 Å². The first-order valence-electron chi connectivity index (χ1n) is 10.3. The van der Waals surface area contributed by atoms with Gasteiger partial charge < -0.3 is 10.1 Å². The molecule has 0 aromatic carbocycles. The first-order chi connectivity index (χ1) is 12.2. The molecule has 0 saturated carbocycles. The van der Waals surface area contributed by atoms with Crippen LogP contribution >= 0.6 is 0 Å². The lowest BCUT2D eigenvalue weighted by Crippen LogP contribution is -2.34. The molecule has 0 aliphatic carbocycles. The van der Waals surface area contributed by atoms with E-state index in [2.05, 4.69) is 11.9 Å². The van der Waals surface area contributed by atoms with E-state index in [-0.39, 0.29) is 11.9 Å². The summed E-state index contributed by atoms with van der Waals surface area (Å²) < 4.78 is 5.22. The van der Waals surface area contributed by atoms with Crippen molar-refractivity contribution in [3.8, 4) is 0 Å². The van der Waals surface area contributed by atoms with Crippen LogP contribution in [0.15, 0.2) is 12.7 Å². The molecule has 4 heteroatoms. The lowest BCUT2D eigenvalue weighted by molar-refractivity contribution is -0.146. The Morgan fingerprint density at radius 2 is 1.48 bits per heavy atom. The molecule has 1 N–H and O–H groups in total. The highest BCUT2D eigenvalue weighted by atomic mass is 16.5. The molecule has 1 heterocycles. The highest BCUT2D eigenvalue weighted by Crippen LogP contribution is 2.13. The van der Waals surface area contributed by atoms with Crippen LogP contribution in [0.2, 0.25) is 0 Å². The summed E-state index contributed by atoms with van der Waals surface area (Å²) in [6, 6.07) is -0.408. The maximum Gasteiger partial charge on any atom is 0.328 e. The van der Waals surface area contributed by atoms with Crippen molar-refractivity contribution < 1.29 is 14.3 Å². The van der Waals surface area contributed by atoms with E-state index in [1.165, 1.54) is 64.2 Å². The third-order valence-electron chi connectivity index (χ3n) is 4.83. The number of carbonyl (C=O) groups excluding carboxylic acids is 2. The Bertz CT molecular complexity index is 381.